The molecule has 84 valence electrons. The van der Waals surface area contributed by atoms with Crippen LogP contribution < -0.4 is 0 Å². The Labute approximate surface area is 104 Å². The van der Waals surface area contributed by atoms with Gasteiger partial charge in [-0.15, -0.1) is 25.3 Å². The molecule has 0 amide bonds. The molecule has 0 aliphatic rings. The van der Waals surface area contributed by atoms with Crippen LogP contribution in [0.2, 0.25) is 0 Å². The third-order valence-electron chi connectivity index (χ3n) is 1.68. The highest BCUT2D eigenvalue weighted by atomic mass is 32.1. The van der Waals surface area contributed by atoms with Gasteiger partial charge in [-0.05, 0) is 36.4 Å². The molecule has 0 radical (unpaired) electrons. The van der Waals surface area contributed by atoms with Crippen molar-refractivity contribution in [3.63, 3.8) is 0 Å². The molecule has 0 heterocycles. The van der Waals surface area contributed by atoms with Crippen molar-refractivity contribution >= 4 is 25.3 Å². The molecule has 0 nitrogen and oxygen atoms in total. The molecule has 16 heavy (non-hydrogen) atoms. The first-order valence-corrected chi connectivity index (χ1v) is 5.37. The van der Waals surface area contributed by atoms with Crippen LogP contribution in [0.1, 0.15) is 0 Å². The highest BCUT2D eigenvalue weighted by Gasteiger charge is 1.89. The van der Waals surface area contributed by atoms with E-state index in [0.29, 0.717) is 4.90 Å². The molecule has 0 aliphatic carbocycles. The van der Waals surface area contributed by atoms with Gasteiger partial charge in [0.2, 0.25) is 0 Å². The predicted molar refractivity (Wildman–Crippen MR) is 67.3 cm³/mol. The van der Waals surface area contributed by atoms with Gasteiger partial charge >= 0.3 is 0 Å². The Morgan fingerprint density at radius 2 is 1.31 bits per heavy atom. The summed E-state index contributed by atoms with van der Waals surface area (Å²) in [5, 5.41) is 0. The quantitative estimate of drug-likeness (QED) is 0.648. The van der Waals surface area contributed by atoms with Gasteiger partial charge in [0.05, 0.1) is 0 Å². The second-order valence-electron chi connectivity index (χ2n) is 2.93. The lowest BCUT2D eigenvalue weighted by molar-refractivity contribution is 0.602. The smallest absolute Gasteiger partial charge is 0.136 e. The Kier molecular flexibility index (Phi) is 5.35. The van der Waals surface area contributed by atoms with Gasteiger partial charge in [0.1, 0.15) is 11.6 Å². The van der Waals surface area contributed by atoms with E-state index in [-0.39, 0.29) is 11.6 Å². The fourth-order valence-electron chi connectivity index (χ4n) is 0.893. The maximum absolute atomic E-state index is 12.2. The minimum absolute atomic E-state index is 0.220. The maximum Gasteiger partial charge on any atom is 0.136 e. The molecular weight excluding hydrogens is 246 g/mol. The molecule has 0 spiro atoms. The normalized spacial score (nSPS) is 9.25. The molecule has 0 aliphatic heterocycles. The summed E-state index contributed by atoms with van der Waals surface area (Å²) < 4.78 is 24.3. The lowest BCUT2D eigenvalue weighted by Gasteiger charge is -1.88. The first-order chi connectivity index (χ1) is 7.59. The van der Waals surface area contributed by atoms with Crippen molar-refractivity contribution < 1.29 is 8.78 Å². The van der Waals surface area contributed by atoms with Crippen LogP contribution in [0.25, 0.3) is 0 Å². The molecule has 2 aromatic rings. The number of thiol groups is 2. The third-order valence-corrected chi connectivity index (χ3v) is 2.34. The van der Waals surface area contributed by atoms with Crippen molar-refractivity contribution in [3.8, 4) is 0 Å². The minimum atomic E-state index is -0.268. The molecule has 4 heteroatoms. The van der Waals surface area contributed by atoms with Crippen molar-refractivity contribution in [1.82, 2.24) is 0 Å². The average molecular weight is 256 g/mol. The average Bonchev–Trinajstić information content (AvgIpc) is 2.28. The van der Waals surface area contributed by atoms with E-state index in [1.54, 1.807) is 30.3 Å². The van der Waals surface area contributed by atoms with Crippen LogP contribution in [0.5, 0.6) is 0 Å². The predicted octanol–water partition coefficient (Wildman–Crippen LogP) is 4.23. The molecule has 0 saturated heterocycles. The summed E-state index contributed by atoms with van der Waals surface area (Å²) in [5.74, 6) is -0.487. The minimum Gasteiger partial charge on any atom is -0.207 e. The fourth-order valence-corrected chi connectivity index (χ4v) is 1.20. The van der Waals surface area contributed by atoms with Crippen molar-refractivity contribution in [1.29, 1.82) is 0 Å². The van der Waals surface area contributed by atoms with Crippen molar-refractivity contribution in [2.75, 3.05) is 0 Å². The maximum atomic E-state index is 12.2. The number of halogens is 2. The Balaban J connectivity index is 0.000000160. The summed E-state index contributed by atoms with van der Waals surface area (Å²) in [7, 11) is 0. The van der Waals surface area contributed by atoms with Gasteiger partial charge in [-0.25, -0.2) is 8.78 Å². The fraction of sp³-hybridized carbons (Fsp3) is 0. The lowest BCUT2D eigenvalue weighted by atomic mass is 10.4. The van der Waals surface area contributed by atoms with Crippen LogP contribution in [0.4, 0.5) is 8.78 Å². The molecule has 0 unspecified atom stereocenters. The number of benzene rings is 2. The molecule has 0 atom stereocenters. The van der Waals surface area contributed by atoms with Crippen LogP contribution in [-0.2, 0) is 0 Å². The standard InChI is InChI=1S/2C6H5FS/c7-5-1-3-6(8)4-2-5;7-5-3-1-2-4-6(5)8/h2*1-4,8H. The van der Waals surface area contributed by atoms with Crippen LogP contribution in [0, 0.1) is 11.6 Å². The summed E-state index contributed by atoms with van der Waals surface area (Å²) in [6.07, 6.45) is 0. The Morgan fingerprint density at radius 3 is 1.69 bits per heavy atom. The Hall–Kier alpha value is -1.00. The summed E-state index contributed by atoms with van der Waals surface area (Å²) in [6.45, 7) is 0. The number of rotatable bonds is 0. The highest BCUT2D eigenvalue weighted by molar-refractivity contribution is 7.80. The summed E-state index contributed by atoms with van der Waals surface area (Å²) in [4.78, 5) is 1.18. The van der Waals surface area contributed by atoms with Gasteiger partial charge in [0.25, 0.3) is 0 Å². The summed E-state index contributed by atoms with van der Waals surface area (Å²) >= 11 is 7.79. The Morgan fingerprint density at radius 1 is 0.750 bits per heavy atom. The molecule has 0 N–H and O–H groups in total. The first-order valence-electron chi connectivity index (χ1n) is 4.47. The molecule has 0 aromatic heterocycles. The molecule has 2 rings (SSSR count). The molecular formula is C12H10F2S2. The molecule has 0 saturated carbocycles. The SMILES string of the molecule is Fc1ccc(S)cc1.Fc1ccccc1S. The highest BCUT2D eigenvalue weighted by Crippen LogP contribution is 2.08. The van der Waals surface area contributed by atoms with Crippen molar-refractivity contribution in [3.05, 3.63) is 60.2 Å². The van der Waals surface area contributed by atoms with Crippen LogP contribution in [0.3, 0.4) is 0 Å². The van der Waals surface area contributed by atoms with Crippen LogP contribution >= 0.6 is 25.3 Å². The first kappa shape index (κ1) is 13.1. The van der Waals surface area contributed by atoms with Gasteiger partial charge in [-0.2, -0.15) is 0 Å². The summed E-state index contributed by atoms with van der Waals surface area (Å²) in [5.41, 5.74) is 0. The topological polar surface area (TPSA) is 0 Å². The third kappa shape index (κ3) is 4.68. The Bertz CT molecular complexity index is 399. The second-order valence-corrected chi connectivity index (χ2v) is 3.93. The monoisotopic (exact) mass is 256 g/mol. The van der Waals surface area contributed by atoms with E-state index in [1.165, 1.54) is 18.2 Å². The van der Waals surface area contributed by atoms with E-state index in [2.05, 4.69) is 25.3 Å². The lowest BCUT2D eigenvalue weighted by Crippen LogP contribution is -1.71. The van der Waals surface area contributed by atoms with Gasteiger partial charge < -0.3 is 0 Å². The van der Waals surface area contributed by atoms with E-state index in [1.807, 2.05) is 0 Å². The zero-order valence-corrected chi connectivity index (χ0v) is 10.1. The van der Waals surface area contributed by atoms with Gasteiger partial charge in [-0.3, -0.25) is 0 Å². The number of hydrogen-bond acceptors (Lipinski definition) is 2. The van der Waals surface area contributed by atoms with Crippen LogP contribution in [0.15, 0.2) is 58.3 Å². The van der Waals surface area contributed by atoms with E-state index in [9.17, 15) is 8.78 Å². The van der Waals surface area contributed by atoms with Gasteiger partial charge in [-0.1, -0.05) is 12.1 Å². The van der Waals surface area contributed by atoms with Gasteiger partial charge in [0, 0.05) is 9.79 Å². The van der Waals surface area contributed by atoms with E-state index in [4.69, 9.17) is 0 Å². The molecule has 2 aromatic carbocycles. The van der Waals surface area contributed by atoms with E-state index in [0.717, 1.165) is 4.90 Å². The summed E-state index contributed by atoms with van der Waals surface area (Å²) in [6, 6.07) is 12.3. The van der Waals surface area contributed by atoms with Crippen molar-refractivity contribution in [2.45, 2.75) is 9.79 Å². The van der Waals surface area contributed by atoms with Crippen molar-refractivity contribution in [2.24, 2.45) is 0 Å². The van der Waals surface area contributed by atoms with E-state index >= 15 is 0 Å². The molecule has 0 fully saturated rings. The van der Waals surface area contributed by atoms with Gasteiger partial charge in [0.15, 0.2) is 0 Å². The number of hydrogen-bond donors (Lipinski definition) is 2. The molecule has 0 bridgehead atoms. The van der Waals surface area contributed by atoms with Crippen LogP contribution in [-0.4, -0.2) is 0 Å². The zero-order valence-electron chi connectivity index (χ0n) is 8.27. The van der Waals surface area contributed by atoms with E-state index < -0.39 is 0 Å². The second kappa shape index (κ2) is 6.55. The largest absolute Gasteiger partial charge is 0.207 e. The zero-order chi connectivity index (χ0) is 12.0.